The van der Waals surface area contributed by atoms with Crippen molar-refractivity contribution >= 4 is 23.2 Å². The smallest absolute Gasteiger partial charge is 0.325 e. The molecular formula is C16H18N2O3S. The summed E-state index contributed by atoms with van der Waals surface area (Å²) in [5.41, 5.74) is 2.43. The van der Waals surface area contributed by atoms with Gasteiger partial charge in [0.15, 0.2) is 0 Å². The van der Waals surface area contributed by atoms with Gasteiger partial charge >= 0.3 is 5.97 Å². The summed E-state index contributed by atoms with van der Waals surface area (Å²) < 4.78 is 0. The summed E-state index contributed by atoms with van der Waals surface area (Å²) in [4.78, 5) is 26.9. The van der Waals surface area contributed by atoms with E-state index in [1.807, 2.05) is 24.3 Å². The minimum Gasteiger partial charge on any atom is -0.480 e. The van der Waals surface area contributed by atoms with Crippen LogP contribution >= 0.6 is 11.3 Å². The minimum absolute atomic E-state index is 0.237. The Morgan fingerprint density at radius 1 is 1.18 bits per heavy atom. The SMILES string of the molecule is CC(C)c1ccc(-c2nc(C(=O)N[C@@H](C)C(=O)O)cs2)cc1. The van der Waals surface area contributed by atoms with Crippen LogP contribution in [0.25, 0.3) is 10.6 Å². The lowest BCUT2D eigenvalue weighted by Crippen LogP contribution is -2.38. The summed E-state index contributed by atoms with van der Waals surface area (Å²) in [6, 6.07) is 7.12. The van der Waals surface area contributed by atoms with Gasteiger partial charge in [-0.25, -0.2) is 4.98 Å². The number of carboxylic acids is 1. The third-order valence-corrected chi connectivity index (χ3v) is 4.17. The average Bonchev–Trinajstić information content (AvgIpc) is 2.97. The van der Waals surface area contributed by atoms with Gasteiger partial charge in [0.2, 0.25) is 0 Å². The molecule has 22 heavy (non-hydrogen) atoms. The zero-order valence-electron chi connectivity index (χ0n) is 12.7. The fourth-order valence-electron chi connectivity index (χ4n) is 1.85. The summed E-state index contributed by atoms with van der Waals surface area (Å²) in [5, 5.41) is 13.6. The van der Waals surface area contributed by atoms with E-state index in [1.165, 1.54) is 23.8 Å². The van der Waals surface area contributed by atoms with Crippen molar-refractivity contribution in [2.45, 2.75) is 32.7 Å². The number of benzene rings is 1. The maximum absolute atomic E-state index is 11.9. The number of hydrogen-bond acceptors (Lipinski definition) is 4. The molecule has 0 bridgehead atoms. The number of rotatable bonds is 5. The second-order valence-corrected chi connectivity index (χ2v) is 6.21. The molecule has 116 valence electrons. The van der Waals surface area contributed by atoms with Gasteiger partial charge in [-0.15, -0.1) is 11.3 Å². The molecule has 0 spiro atoms. The quantitative estimate of drug-likeness (QED) is 0.887. The van der Waals surface area contributed by atoms with Crippen LogP contribution in [0.5, 0.6) is 0 Å². The first-order chi connectivity index (χ1) is 10.4. The molecule has 0 aliphatic carbocycles. The number of nitrogens with one attached hydrogen (secondary N) is 1. The molecule has 1 heterocycles. The highest BCUT2D eigenvalue weighted by Gasteiger charge is 2.17. The number of aromatic nitrogens is 1. The molecule has 0 unspecified atom stereocenters. The summed E-state index contributed by atoms with van der Waals surface area (Å²) in [7, 11) is 0. The number of aliphatic carboxylic acids is 1. The van der Waals surface area contributed by atoms with Crippen LogP contribution in [0.3, 0.4) is 0 Å². The van der Waals surface area contributed by atoms with E-state index in [4.69, 9.17) is 5.11 Å². The summed E-state index contributed by atoms with van der Waals surface area (Å²) in [5.74, 6) is -1.09. The molecule has 1 aromatic carbocycles. The summed E-state index contributed by atoms with van der Waals surface area (Å²) in [6.45, 7) is 5.67. The monoisotopic (exact) mass is 318 g/mol. The van der Waals surface area contributed by atoms with Crippen molar-refractivity contribution < 1.29 is 14.7 Å². The average molecular weight is 318 g/mol. The molecule has 0 saturated carbocycles. The topological polar surface area (TPSA) is 79.3 Å². The Morgan fingerprint density at radius 3 is 2.36 bits per heavy atom. The number of nitrogens with zero attached hydrogens (tertiary/aromatic N) is 1. The Bertz CT molecular complexity index is 677. The van der Waals surface area contributed by atoms with Gasteiger partial charge in [0.1, 0.15) is 16.7 Å². The van der Waals surface area contributed by atoms with Gasteiger partial charge in [-0.3, -0.25) is 9.59 Å². The van der Waals surface area contributed by atoms with E-state index in [0.717, 1.165) is 10.6 Å². The second-order valence-electron chi connectivity index (χ2n) is 5.35. The third-order valence-electron chi connectivity index (χ3n) is 3.28. The van der Waals surface area contributed by atoms with E-state index in [1.54, 1.807) is 5.38 Å². The van der Waals surface area contributed by atoms with Crippen molar-refractivity contribution in [1.29, 1.82) is 0 Å². The highest BCUT2D eigenvalue weighted by atomic mass is 32.1. The Kier molecular flexibility index (Phi) is 4.92. The zero-order chi connectivity index (χ0) is 16.3. The van der Waals surface area contributed by atoms with Crippen molar-refractivity contribution in [3.63, 3.8) is 0 Å². The Labute approximate surface area is 133 Å². The summed E-state index contributed by atoms with van der Waals surface area (Å²) in [6.07, 6.45) is 0. The van der Waals surface area contributed by atoms with Gasteiger partial charge in [-0.2, -0.15) is 0 Å². The van der Waals surface area contributed by atoms with E-state index < -0.39 is 17.9 Å². The molecule has 2 rings (SSSR count). The summed E-state index contributed by atoms with van der Waals surface area (Å²) >= 11 is 1.36. The van der Waals surface area contributed by atoms with Crippen LogP contribution in [0.1, 0.15) is 42.7 Å². The van der Waals surface area contributed by atoms with Crippen molar-refractivity contribution in [2.75, 3.05) is 0 Å². The van der Waals surface area contributed by atoms with Crippen LogP contribution in [0.15, 0.2) is 29.6 Å². The van der Waals surface area contributed by atoms with E-state index in [-0.39, 0.29) is 5.69 Å². The molecule has 2 aromatic rings. The standard InChI is InChI=1S/C16H18N2O3S/c1-9(2)11-4-6-12(7-5-11)15-18-13(8-22-15)14(19)17-10(3)16(20)21/h4-10H,1-3H3,(H,17,19)(H,20,21)/t10-/m0/s1. The maximum atomic E-state index is 11.9. The van der Waals surface area contributed by atoms with Crippen LogP contribution in [0.4, 0.5) is 0 Å². The maximum Gasteiger partial charge on any atom is 0.325 e. The van der Waals surface area contributed by atoms with E-state index in [0.29, 0.717) is 5.92 Å². The third kappa shape index (κ3) is 3.71. The van der Waals surface area contributed by atoms with Gasteiger partial charge in [-0.05, 0) is 18.4 Å². The second kappa shape index (κ2) is 6.70. The molecule has 1 aromatic heterocycles. The Morgan fingerprint density at radius 2 is 1.82 bits per heavy atom. The first-order valence-corrected chi connectivity index (χ1v) is 7.86. The van der Waals surface area contributed by atoms with Crippen LogP contribution in [-0.2, 0) is 4.79 Å². The van der Waals surface area contributed by atoms with Gasteiger partial charge in [0.25, 0.3) is 5.91 Å². The lowest BCUT2D eigenvalue weighted by atomic mass is 10.0. The molecule has 0 fully saturated rings. The molecule has 0 radical (unpaired) electrons. The lowest BCUT2D eigenvalue weighted by Gasteiger charge is -2.07. The molecule has 0 aliphatic heterocycles. The van der Waals surface area contributed by atoms with Crippen molar-refractivity contribution in [3.05, 3.63) is 40.9 Å². The van der Waals surface area contributed by atoms with E-state index >= 15 is 0 Å². The van der Waals surface area contributed by atoms with Crippen LogP contribution in [0.2, 0.25) is 0 Å². The molecule has 5 nitrogen and oxygen atoms in total. The first kappa shape index (κ1) is 16.2. The van der Waals surface area contributed by atoms with Gasteiger partial charge in [-0.1, -0.05) is 38.1 Å². The number of thiazole rings is 1. The number of carbonyl (C=O) groups is 2. The number of amides is 1. The van der Waals surface area contributed by atoms with E-state index in [9.17, 15) is 9.59 Å². The van der Waals surface area contributed by atoms with Gasteiger partial charge in [0.05, 0.1) is 0 Å². The zero-order valence-corrected chi connectivity index (χ0v) is 13.5. The minimum atomic E-state index is -1.08. The normalized spacial score (nSPS) is 12.2. The predicted octanol–water partition coefficient (Wildman–Crippen LogP) is 3.14. The first-order valence-electron chi connectivity index (χ1n) is 6.98. The molecule has 1 amide bonds. The van der Waals surface area contributed by atoms with Gasteiger partial charge < -0.3 is 10.4 Å². The lowest BCUT2D eigenvalue weighted by molar-refractivity contribution is -0.138. The fraction of sp³-hybridized carbons (Fsp3) is 0.312. The number of carbonyl (C=O) groups excluding carboxylic acids is 1. The van der Waals surface area contributed by atoms with Crippen molar-refractivity contribution in [1.82, 2.24) is 10.3 Å². The van der Waals surface area contributed by atoms with Crippen LogP contribution in [-0.4, -0.2) is 28.0 Å². The van der Waals surface area contributed by atoms with Crippen molar-refractivity contribution in [2.24, 2.45) is 0 Å². The number of carboxylic acid groups (broad SMARTS) is 1. The van der Waals surface area contributed by atoms with E-state index in [2.05, 4.69) is 24.1 Å². The molecular weight excluding hydrogens is 300 g/mol. The Hall–Kier alpha value is -2.21. The number of hydrogen-bond donors (Lipinski definition) is 2. The largest absolute Gasteiger partial charge is 0.480 e. The highest BCUT2D eigenvalue weighted by Crippen LogP contribution is 2.25. The fourth-order valence-corrected chi connectivity index (χ4v) is 2.66. The predicted molar refractivity (Wildman–Crippen MR) is 86.2 cm³/mol. The van der Waals surface area contributed by atoms with Crippen LogP contribution < -0.4 is 5.32 Å². The molecule has 2 N–H and O–H groups in total. The molecule has 0 saturated heterocycles. The Balaban J connectivity index is 2.14. The van der Waals surface area contributed by atoms with Gasteiger partial charge in [0, 0.05) is 10.9 Å². The molecule has 6 heteroatoms. The van der Waals surface area contributed by atoms with Crippen molar-refractivity contribution in [3.8, 4) is 10.6 Å². The molecule has 0 aliphatic rings. The highest BCUT2D eigenvalue weighted by molar-refractivity contribution is 7.13. The molecule has 1 atom stereocenters. The van der Waals surface area contributed by atoms with Crippen LogP contribution in [0, 0.1) is 0 Å².